The first-order valence-electron chi connectivity index (χ1n) is 4.81. The molecule has 0 radical (unpaired) electrons. The van der Waals surface area contributed by atoms with Gasteiger partial charge in [0.05, 0.1) is 12.2 Å². The van der Waals surface area contributed by atoms with Crippen LogP contribution >= 0.6 is 27.5 Å². The van der Waals surface area contributed by atoms with Gasteiger partial charge in [-0.25, -0.2) is 0 Å². The first-order valence-corrected chi connectivity index (χ1v) is 5.98. The Bertz CT molecular complexity index is 407. The van der Waals surface area contributed by atoms with Crippen molar-refractivity contribution in [3.05, 3.63) is 27.2 Å². The van der Waals surface area contributed by atoms with E-state index in [1.165, 1.54) is 4.90 Å². The number of likely N-dealkylation sites (N-methyl/N-ethyl adjacent to an activating group) is 1. The normalized spacial score (nSPS) is 10.1. The molecule has 1 aromatic carbocycles. The first kappa shape index (κ1) is 13.3. The number of hydrogen-bond donors (Lipinski definition) is 1. The Morgan fingerprint density at radius 1 is 1.50 bits per heavy atom. The summed E-state index contributed by atoms with van der Waals surface area (Å²) in [6.07, 6.45) is 0. The minimum absolute atomic E-state index is 0.0172. The van der Waals surface area contributed by atoms with Crippen molar-refractivity contribution in [2.24, 2.45) is 0 Å². The van der Waals surface area contributed by atoms with Gasteiger partial charge in [-0.2, -0.15) is 0 Å². The van der Waals surface area contributed by atoms with Crippen molar-refractivity contribution in [1.82, 2.24) is 4.90 Å². The monoisotopic (exact) mass is 304 g/mol. The minimum atomic E-state index is 0.0172. The van der Waals surface area contributed by atoms with Crippen molar-refractivity contribution in [3.63, 3.8) is 0 Å². The molecule has 0 unspecified atom stereocenters. The summed E-state index contributed by atoms with van der Waals surface area (Å²) in [5, 5.41) is 3.72. The summed E-state index contributed by atoms with van der Waals surface area (Å²) in [5.74, 6) is 0.0172. The van der Waals surface area contributed by atoms with E-state index in [-0.39, 0.29) is 12.5 Å². The molecule has 1 N–H and O–H groups in total. The van der Waals surface area contributed by atoms with Crippen molar-refractivity contribution < 1.29 is 4.79 Å². The lowest BCUT2D eigenvalue weighted by molar-refractivity contribution is -0.126. The van der Waals surface area contributed by atoms with Crippen molar-refractivity contribution in [2.45, 2.75) is 6.92 Å². The highest BCUT2D eigenvalue weighted by molar-refractivity contribution is 9.10. The van der Waals surface area contributed by atoms with E-state index >= 15 is 0 Å². The van der Waals surface area contributed by atoms with E-state index < -0.39 is 0 Å². The zero-order valence-electron chi connectivity index (χ0n) is 9.47. The van der Waals surface area contributed by atoms with Crippen molar-refractivity contribution >= 4 is 39.1 Å². The Labute approximate surface area is 109 Å². The van der Waals surface area contributed by atoms with E-state index in [0.29, 0.717) is 5.02 Å². The van der Waals surface area contributed by atoms with Gasteiger partial charge in [-0.1, -0.05) is 11.6 Å². The Kier molecular flexibility index (Phi) is 4.62. The number of nitrogens with one attached hydrogen (secondary N) is 1. The van der Waals surface area contributed by atoms with Gasteiger partial charge in [0.25, 0.3) is 0 Å². The molecule has 16 heavy (non-hydrogen) atoms. The number of anilines is 1. The second-order valence-electron chi connectivity index (χ2n) is 3.72. The number of halogens is 2. The number of rotatable bonds is 3. The van der Waals surface area contributed by atoms with Gasteiger partial charge in [0.15, 0.2) is 0 Å². The fourth-order valence-corrected chi connectivity index (χ4v) is 1.87. The van der Waals surface area contributed by atoms with Gasteiger partial charge < -0.3 is 10.2 Å². The van der Waals surface area contributed by atoms with Gasteiger partial charge >= 0.3 is 0 Å². The first-order chi connectivity index (χ1) is 7.41. The van der Waals surface area contributed by atoms with Gasteiger partial charge in [-0.05, 0) is 40.5 Å². The molecule has 0 fully saturated rings. The highest BCUT2D eigenvalue weighted by atomic mass is 79.9. The number of carbonyl (C=O) groups excluding carboxylic acids is 1. The molecule has 0 spiro atoms. The second-order valence-corrected chi connectivity index (χ2v) is 4.98. The molecule has 1 aromatic rings. The third-order valence-electron chi connectivity index (χ3n) is 2.18. The maximum Gasteiger partial charge on any atom is 0.241 e. The van der Waals surface area contributed by atoms with Gasteiger partial charge in [0.1, 0.15) is 0 Å². The highest BCUT2D eigenvalue weighted by Gasteiger charge is 2.07. The van der Waals surface area contributed by atoms with Crippen LogP contribution in [0, 0.1) is 6.92 Å². The van der Waals surface area contributed by atoms with Crippen LogP contribution in [0.2, 0.25) is 5.02 Å². The number of benzene rings is 1. The molecule has 0 atom stereocenters. The third-order valence-corrected chi connectivity index (χ3v) is 3.24. The van der Waals surface area contributed by atoms with Gasteiger partial charge in [0.2, 0.25) is 5.91 Å². The Balaban J connectivity index is 2.75. The Hall–Kier alpha value is -0.740. The van der Waals surface area contributed by atoms with Crippen LogP contribution in [-0.4, -0.2) is 31.4 Å². The summed E-state index contributed by atoms with van der Waals surface area (Å²) in [6.45, 7) is 2.19. The van der Waals surface area contributed by atoms with E-state index in [1.807, 2.05) is 19.1 Å². The molecule has 0 saturated carbocycles. The van der Waals surface area contributed by atoms with Crippen LogP contribution in [0.15, 0.2) is 16.6 Å². The fraction of sp³-hybridized carbons (Fsp3) is 0.364. The molecule has 0 saturated heterocycles. The molecule has 3 nitrogen and oxygen atoms in total. The summed E-state index contributed by atoms with van der Waals surface area (Å²) in [5.41, 5.74) is 1.82. The SMILES string of the molecule is Cc1cc(Br)c(NCC(=O)N(C)C)cc1Cl. The number of hydrogen-bond acceptors (Lipinski definition) is 2. The molecule has 0 bridgehead atoms. The van der Waals surface area contributed by atoms with Crippen LogP contribution in [0.25, 0.3) is 0 Å². The van der Waals surface area contributed by atoms with Gasteiger partial charge in [-0.3, -0.25) is 4.79 Å². The quantitative estimate of drug-likeness (QED) is 0.931. The Morgan fingerprint density at radius 3 is 2.69 bits per heavy atom. The number of carbonyl (C=O) groups is 1. The zero-order valence-corrected chi connectivity index (χ0v) is 11.8. The van der Waals surface area contributed by atoms with E-state index in [0.717, 1.165) is 15.7 Å². The van der Waals surface area contributed by atoms with Crippen molar-refractivity contribution in [3.8, 4) is 0 Å². The molecular formula is C11H14BrClN2O. The summed E-state index contributed by atoms with van der Waals surface area (Å²) in [6, 6.07) is 3.73. The van der Waals surface area contributed by atoms with Crippen molar-refractivity contribution in [2.75, 3.05) is 26.0 Å². The van der Waals surface area contributed by atoms with Crippen LogP contribution < -0.4 is 5.32 Å². The smallest absolute Gasteiger partial charge is 0.241 e. The highest BCUT2D eigenvalue weighted by Crippen LogP contribution is 2.28. The number of amides is 1. The number of nitrogens with zero attached hydrogens (tertiary/aromatic N) is 1. The molecule has 0 aliphatic carbocycles. The molecule has 0 aliphatic rings. The maximum atomic E-state index is 11.4. The lowest BCUT2D eigenvalue weighted by Gasteiger charge is -2.13. The predicted molar refractivity (Wildman–Crippen MR) is 71.1 cm³/mol. The summed E-state index contributed by atoms with van der Waals surface area (Å²) >= 11 is 9.43. The largest absolute Gasteiger partial charge is 0.375 e. The molecule has 1 amide bonds. The fourth-order valence-electron chi connectivity index (χ4n) is 1.11. The van der Waals surface area contributed by atoms with E-state index in [9.17, 15) is 4.79 Å². The summed E-state index contributed by atoms with van der Waals surface area (Å²) in [7, 11) is 3.45. The maximum absolute atomic E-state index is 11.4. The lowest BCUT2D eigenvalue weighted by Crippen LogP contribution is -2.28. The van der Waals surface area contributed by atoms with Crippen LogP contribution in [0.5, 0.6) is 0 Å². The van der Waals surface area contributed by atoms with Crippen molar-refractivity contribution in [1.29, 1.82) is 0 Å². The van der Waals surface area contributed by atoms with Gasteiger partial charge in [0, 0.05) is 23.6 Å². The average Bonchev–Trinajstić information content (AvgIpc) is 2.20. The van der Waals surface area contributed by atoms with Crippen LogP contribution in [-0.2, 0) is 4.79 Å². The average molecular weight is 306 g/mol. The third kappa shape index (κ3) is 3.39. The Morgan fingerprint density at radius 2 is 2.12 bits per heavy atom. The summed E-state index contributed by atoms with van der Waals surface area (Å²) in [4.78, 5) is 12.9. The summed E-state index contributed by atoms with van der Waals surface area (Å²) < 4.78 is 0.904. The van der Waals surface area contributed by atoms with E-state index in [2.05, 4.69) is 21.2 Å². The standard InChI is InChI=1S/C11H14BrClN2O/c1-7-4-8(12)10(5-9(7)13)14-6-11(16)15(2)3/h4-5,14H,6H2,1-3H3. The molecular weight excluding hydrogens is 291 g/mol. The molecule has 5 heteroatoms. The van der Waals surface area contributed by atoms with Crippen LogP contribution in [0.4, 0.5) is 5.69 Å². The molecule has 88 valence electrons. The zero-order chi connectivity index (χ0) is 12.3. The van der Waals surface area contributed by atoms with Crippen LogP contribution in [0.3, 0.4) is 0 Å². The minimum Gasteiger partial charge on any atom is -0.375 e. The number of aryl methyl sites for hydroxylation is 1. The van der Waals surface area contributed by atoms with E-state index in [1.54, 1.807) is 14.1 Å². The van der Waals surface area contributed by atoms with E-state index in [4.69, 9.17) is 11.6 Å². The molecule has 0 aliphatic heterocycles. The lowest BCUT2D eigenvalue weighted by atomic mass is 10.2. The van der Waals surface area contributed by atoms with Crippen LogP contribution in [0.1, 0.15) is 5.56 Å². The molecule has 0 aromatic heterocycles. The topological polar surface area (TPSA) is 32.3 Å². The predicted octanol–water partition coefficient (Wildman–Crippen LogP) is 2.91. The second kappa shape index (κ2) is 5.55. The molecule has 1 rings (SSSR count). The van der Waals surface area contributed by atoms with Gasteiger partial charge in [-0.15, -0.1) is 0 Å². The molecule has 0 heterocycles.